The average Bonchev–Trinajstić information content (AvgIpc) is 2.75. The molecule has 0 aliphatic carbocycles. The van der Waals surface area contributed by atoms with Gasteiger partial charge in [0, 0.05) is 13.6 Å². The van der Waals surface area contributed by atoms with Gasteiger partial charge in [0.25, 0.3) is 0 Å². The van der Waals surface area contributed by atoms with Crippen molar-refractivity contribution in [3.05, 3.63) is 42.7 Å². The molecule has 4 heteroatoms. The summed E-state index contributed by atoms with van der Waals surface area (Å²) in [6.07, 6.45) is 2.78. The largest absolute Gasteiger partial charge is 0.380 e. The van der Waals surface area contributed by atoms with Crippen molar-refractivity contribution in [2.45, 2.75) is 13.0 Å². The monoisotopic (exact) mass is 259 g/mol. The van der Waals surface area contributed by atoms with Crippen LogP contribution in [0, 0.1) is 0 Å². The lowest BCUT2D eigenvalue weighted by molar-refractivity contribution is 0.140. The number of ether oxygens (including phenoxy) is 1. The van der Waals surface area contributed by atoms with Gasteiger partial charge in [-0.3, -0.25) is 0 Å². The Bertz CT molecular complexity index is 533. The second-order valence-electron chi connectivity index (χ2n) is 4.44. The van der Waals surface area contributed by atoms with Crippen molar-refractivity contribution in [2.75, 3.05) is 19.8 Å². The Hall–Kier alpha value is -1.65. The SMILES string of the molecule is C=CCCOCCNCc1nc2ccccc2n1C. The minimum atomic E-state index is 0.720. The van der Waals surface area contributed by atoms with E-state index in [0.29, 0.717) is 0 Å². The molecule has 0 aliphatic heterocycles. The van der Waals surface area contributed by atoms with E-state index in [1.807, 2.05) is 31.3 Å². The van der Waals surface area contributed by atoms with Gasteiger partial charge in [0.05, 0.1) is 30.8 Å². The molecule has 0 amide bonds. The van der Waals surface area contributed by atoms with Crippen LogP contribution in [-0.2, 0) is 18.3 Å². The summed E-state index contributed by atoms with van der Waals surface area (Å²) in [4.78, 5) is 4.61. The molecule has 0 spiro atoms. The first kappa shape index (κ1) is 13.8. The zero-order valence-electron chi connectivity index (χ0n) is 11.4. The maximum absolute atomic E-state index is 5.44. The van der Waals surface area contributed by atoms with Gasteiger partial charge in [-0.05, 0) is 18.6 Å². The van der Waals surface area contributed by atoms with E-state index in [0.717, 1.165) is 44.1 Å². The molecule has 0 saturated carbocycles. The highest BCUT2D eigenvalue weighted by Crippen LogP contribution is 2.13. The van der Waals surface area contributed by atoms with Crippen LogP contribution in [0.5, 0.6) is 0 Å². The van der Waals surface area contributed by atoms with Gasteiger partial charge in [-0.25, -0.2) is 4.98 Å². The van der Waals surface area contributed by atoms with Crippen molar-refractivity contribution in [3.8, 4) is 0 Å². The lowest BCUT2D eigenvalue weighted by atomic mass is 10.3. The number of hydrogen-bond donors (Lipinski definition) is 1. The molecule has 0 bridgehead atoms. The highest BCUT2D eigenvalue weighted by Gasteiger charge is 2.05. The molecule has 2 aromatic rings. The Balaban J connectivity index is 1.78. The van der Waals surface area contributed by atoms with E-state index >= 15 is 0 Å². The van der Waals surface area contributed by atoms with Gasteiger partial charge >= 0.3 is 0 Å². The zero-order valence-corrected chi connectivity index (χ0v) is 11.4. The number of nitrogens with one attached hydrogen (secondary N) is 1. The first-order chi connectivity index (χ1) is 9.33. The second kappa shape index (κ2) is 7.07. The lowest BCUT2D eigenvalue weighted by Gasteiger charge is -2.05. The Kier molecular flexibility index (Phi) is 5.12. The smallest absolute Gasteiger partial charge is 0.123 e. The van der Waals surface area contributed by atoms with Crippen LogP contribution in [-0.4, -0.2) is 29.3 Å². The van der Waals surface area contributed by atoms with Crippen LogP contribution in [0.25, 0.3) is 11.0 Å². The summed E-state index contributed by atoms with van der Waals surface area (Å²) >= 11 is 0. The summed E-state index contributed by atoms with van der Waals surface area (Å²) in [6, 6.07) is 8.18. The molecule has 102 valence electrons. The van der Waals surface area contributed by atoms with Gasteiger partial charge < -0.3 is 14.6 Å². The number of rotatable bonds is 8. The predicted octanol–water partition coefficient (Wildman–Crippen LogP) is 2.26. The van der Waals surface area contributed by atoms with E-state index in [9.17, 15) is 0 Å². The van der Waals surface area contributed by atoms with Crippen molar-refractivity contribution in [3.63, 3.8) is 0 Å². The minimum Gasteiger partial charge on any atom is -0.380 e. The van der Waals surface area contributed by atoms with Gasteiger partial charge in [0.1, 0.15) is 5.82 Å². The van der Waals surface area contributed by atoms with E-state index in [2.05, 4.69) is 27.5 Å². The third-order valence-electron chi connectivity index (χ3n) is 3.05. The molecule has 0 unspecified atom stereocenters. The van der Waals surface area contributed by atoms with Crippen LogP contribution in [0.3, 0.4) is 0 Å². The van der Waals surface area contributed by atoms with Crippen molar-refractivity contribution in [1.82, 2.24) is 14.9 Å². The molecule has 0 fully saturated rings. The van der Waals surface area contributed by atoms with Crippen molar-refractivity contribution >= 4 is 11.0 Å². The summed E-state index contributed by atoms with van der Waals surface area (Å²) < 4.78 is 7.57. The van der Waals surface area contributed by atoms with Crippen molar-refractivity contribution < 1.29 is 4.74 Å². The summed E-state index contributed by atoms with van der Waals surface area (Å²) in [5.74, 6) is 1.05. The van der Waals surface area contributed by atoms with Gasteiger partial charge in [0.2, 0.25) is 0 Å². The fourth-order valence-electron chi connectivity index (χ4n) is 1.97. The van der Waals surface area contributed by atoms with E-state index in [1.165, 1.54) is 5.52 Å². The average molecular weight is 259 g/mol. The topological polar surface area (TPSA) is 39.1 Å². The Morgan fingerprint density at radius 1 is 1.37 bits per heavy atom. The third-order valence-corrected chi connectivity index (χ3v) is 3.05. The number of aryl methyl sites for hydroxylation is 1. The maximum atomic E-state index is 5.44. The maximum Gasteiger partial charge on any atom is 0.123 e. The van der Waals surface area contributed by atoms with Crippen molar-refractivity contribution in [1.29, 1.82) is 0 Å². The molecular weight excluding hydrogens is 238 g/mol. The highest BCUT2D eigenvalue weighted by atomic mass is 16.5. The first-order valence-corrected chi connectivity index (χ1v) is 6.62. The number of fused-ring (bicyclic) bond motifs is 1. The van der Waals surface area contributed by atoms with Crippen LogP contribution < -0.4 is 5.32 Å². The third kappa shape index (κ3) is 3.66. The molecule has 19 heavy (non-hydrogen) atoms. The Morgan fingerprint density at radius 2 is 2.21 bits per heavy atom. The number of hydrogen-bond acceptors (Lipinski definition) is 3. The number of nitrogens with zero attached hydrogens (tertiary/aromatic N) is 2. The van der Waals surface area contributed by atoms with E-state index < -0.39 is 0 Å². The number of aromatic nitrogens is 2. The molecule has 0 aliphatic rings. The predicted molar refractivity (Wildman–Crippen MR) is 78.1 cm³/mol. The van der Waals surface area contributed by atoms with Crippen LogP contribution in [0.15, 0.2) is 36.9 Å². The molecule has 2 rings (SSSR count). The van der Waals surface area contributed by atoms with Gasteiger partial charge in [0.15, 0.2) is 0 Å². The summed E-state index contributed by atoms with van der Waals surface area (Å²) in [5.41, 5.74) is 2.21. The Labute approximate surface area is 114 Å². The number of imidazole rings is 1. The van der Waals surface area contributed by atoms with Crippen LogP contribution in [0.1, 0.15) is 12.2 Å². The van der Waals surface area contributed by atoms with Crippen LogP contribution in [0.2, 0.25) is 0 Å². The summed E-state index contributed by atoms with van der Waals surface area (Å²) in [7, 11) is 2.05. The second-order valence-corrected chi connectivity index (χ2v) is 4.44. The van der Waals surface area contributed by atoms with E-state index in [-0.39, 0.29) is 0 Å². The van der Waals surface area contributed by atoms with E-state index in [1.54, 1.807) is 0 Å². The van der Waals surface area contributed by atoms with Crippen molar-refractivity contribution in [2.24, 2.45) is 7.05 Å². The first-order valence-electron chi connectivity index (χ1n) is 6.62. The fourth-order valence-corrected chi connectivity index (χ4v) is 1.97. The quantitative estimate of drug-likeness (QED) is 0.584. The molecule has 1 N–H and O–H groups in total. The Morgan fingerprint density at radius 3 is 3.00 bits per heavy atom. The highest BCUT2D eigenvalue weighted by molar-refractivity contribution is 5.75. The number of benzene rings is 1. The standard InChI is InChI=1S/C15H21N3O/c1-3-4-10-19-11-9-16-12-15-17-13-7-5-6-8-14(13)18(15)2/h3,5-8,16H,1,4,9-12H2,2H3. The summed E-state index contributed by atoms with van der Waals surface area (Å²) in [6.45, 7) is 6.72. The molecule has 1 aromatic heterocycles. The molecule has 4 nitrogen and oxygen atoms in total. The fraction of sp³-hybridized carbons (Fsp3) is 0.400. The van der Waals surface area contributed by atoms with Gasteiger partial charge in [-0.2, -0.15) is 0 Å². The minimum absolute atomic E-state index is 0.720. The van der Waals surface area contributed by atoms with E-state index in [4.69, 9.17) is 4.74 Å². The number of para-hydroxylation sites is 2. The molecule has 0 radical (unpaired) electrons. The lowest BCUT2D eigenvalue weighted by Crippen LogP contribution is -2.21. The molecule has 0 saturated heterocycles. The molecule has 1 heterocycles. The normalized spacial score (nSPS) is 11.0. The van der Waals surface area contributed by atoms with Crippen LogP contribution in [0.4, 0.5) is 0 Å². The van der Waals surface area contributed by atoms with Crippen LogP contribution >= 0.6 is 0 Å². The molecule has 1 aromatic carbocycles. The van der Waals surface area contributed by atoms with Gasteiger partial charge in [-0.1, -0.05) is 18.2 Å². The summed E-state index contributed by atoms with van der Waals surface area (Å²) in [5, 5.41) is 3.35. The molecular formula is C15H21N3O. The molecule has 0 atom stereocenters. The van der Waals surface area contributed by atoms with Gasteiger partial charge in [-0.15, -0.1) is 6.58 Å². The zero-order chi connectivity index (χ0) is 13.5.